The minimum absolute atomic E-state index is 0.183. The van der Waals surface area contributed by atoms with Gasteiger partial charge in [-0.1, -0.05) is 98.8 Å². The van der Waals surface area contributed by atoms with Gasteiger partial charge in [0.15, 0.2) is 0 Å². The van der Waals surface area contributed by atoms with Crippen LogP contribution in [0.3, 0.4) is 0 Å². The number of carboxylic acid groups (broad SMARTS) is 1. The lowest BCUT2D eigenvalue weighted by molar-refractivity contribution is -0.141. The van der Waals surface area contributed by atoms with E-state index in [1.165, 1.54) is 57.8 Å². The Bertz CT molecular complexity index is 288. The van der Waals surface area contributed by atoms with Crippen molar-refractivity contribution in [2.75, 3.05) is 0 Å². The Hall–Kier alpha value is -0.530. The summed E-state index contributed by atoms with van der Waals surface area (Å²) in [6.07, 6.45) is 13.9. The maximum Gasteiger partial charge on any atom is 0.306 e. The van der Waals surface area contributed by atoms with Crippen molar-refractivity contribution in [3.63, 3.8) is 0 Å². The van der Waals surface area contributed by atoms with Gasteiger partial charge in [-0.15, -0.1) is 0 Å². The molecule has 1 N–H and O–H groups in total. The SMILES string of the molecule is CCCC(C)CCCC(C)CCCC(C)CCCC(C)C(=O)O. The smallest absolute Gasteiger partial charge is 0.306 e. The van der Waals surface area contributed by atoms with Crippen LogP contribution >= 0.6 is 0 Å². The minimum atomic E-state index is -0.653. The van der Waals surface area contributed by atoms with E-state index >= 15 is 0 Å². The van der Waals surface area contributed by atoms with E-state index in [0.29, 0.717) is 0 Å². The molecule has 4 atom stereocenters. The second-order valence-electron chi connectivity index (χ2n) is 8.14. The van der Waals surface area contributed by atoms with E-state index in [0.717, 1.165) is 30.6 Å². The zero-order valence-electron chi connectivity index (χ0n) is 16.4. The van der Waals surface area contributed by atoms with Crippen LogP contribution in [0.1, 0.15) is 105 Å². The van der Waals surface area contributed by atoms with Crippen LogP contribution in [0.2, 0.25) is 0 Å². The summed E-state index contributed by atoms with van der Waals surface area (Å²) < 4.78 is 0. The van der Waals surface area contributed by atoms with Gasteiger partial charge in [-0.2, -0.15) is 0 Å². The molecule has 0 aliphatic carbocycles. The highest BCUT2D eigenvalue weighted by Crippen LogP contribution is 2.22. The fourth-order valence-corrected chi connectivity index (χ4v) is 3.45. The van der Waals surface area contributed by atoms with Gasteiger partial charge in [0.05, 0.1) is 5.92 Å². The summed E-state index contributed by atoms with van der Waals surface area (Å²) in [5.74, 6) is 1.67. The van der Waals surface area contributed by atoms with Gasteiger partial charge in [0.25, 0.3) is 0 Å². The van der Waals surface area contributed by atoms with Crippen molar-refractivity contribution in [1.82, 2.24) is 0 Å². The lowest BCUT2D eigenvalue weighted by Gasteiger charge is -2.16. The number of carbonyl (C=O) groups is 1. The Morgan fingerprint density at radius 3 is 1.39 bits per heavy atom. The average Bonchev–Trinajstić information content (AvgIpc) is 2.47. The second-order valence-corrected chi connectivity index (χ2v) is 8.14. The monoisotopic (exact) mass is 326 g/mol. The Balaban J connectivity index is 3.55. The summed E-state index contributed by atoms with van der Waals surface area (Å²) in [6.45, 7) is 11.2. The number of carboxylic acids is 1. The van der Waals surface area contributed by atoms with Crippen LogP contribution < -0.4 is 0 Å². The first kappa shape index (κ1) is 22.5. The Morgan fingerprint density at radius 1 is 0.696 bits per heavy atom. The Kier molecular flexibility index (Phi) is 13.5. The normalized spacial score (nSPS) is 16.7. The van der Waals surface area contributed by atoms with E-state index in [9.17, 15) is 4.79 Å². The molecule has 2 nitrogen and oxygen atoms in total. The zero-order chi connectivity index (χ0) is 17.7. The standard InChI is InChI=1S/C21H42O2/c1-6-10-17(2)11-7-12-18(3)13-8-14-19(4)15-9-16-20(5)21(22)23/h17-20H,6-16H2,1-5H3,(H,22,23). The van der Waals surface area contributed by atoms with Gasteiger partial charge in [-0.25, -0.2) is 0 Å². The summed E-state index contributed by atoms with van der Waals surface area (Å²) in [5, 5.41) is 8.88. The molecular weight excluding hydrogens is 284 g/mol. The van der Waals surface area contributed by atoms with Crippen molar-refractivity contribution >= 4 is 5.97 Å². The van der Waals surface area contributed by atoms with Crippen LogP contribution in [-0.2, 0) is 4.79 Å². The summed E-state index contributed by atoms with van der Waals surface area (Å²) in [4.78, 5) is 10.8. The number of hydrogen-bond donors (Lipinski definition) is 1. The molecule has 0 aromatic rings. The fourth-order valence-electron chi connectivity index (χ4n) is 3.45. The molecule has 0 aromatic heterocycles. The first-order valence-corrected chi connectivity index (χ1v) is 10.1. The fraction of sp³-hybridized carbons (Fsp3) is 0.952. The molecule has 0 saturated carbocycles. The molecule has 0 radical (unpaired) electrons. The van der Waals surface area contributed by atoms with E-state index in [4.69, 9.17) is 5.11 Å². The third-order valence-electron chi connectivity index (χ3n) is 5.32. The van der Waals surface area contributed by atoms with E-state index < -0.39 is 5.97 Å². The number of rotatable bonds is 15. The molecule has 0 fully saturated rings. The highest BCUT2D eigenvalue weighted by Gasteiger charge is 2.11. The Labute approximate surface area is 145 Å². The zero-order valence-corrected chi connectivity index (χ0v) is 16.4. The van der Waals surface area contributed by atoms with Crippen LogP contribution in [0.4, 0.5) is 0 Å². The Morgan fingerprint density at radius 2 is 1.04 bits per heavy atom. The average molecular weight is 327 g/mol. The molecule has 138 valence electrons. The minimum Gasteiger partial charge on any atom is -0.481 e. The third-order valence-corrected chi connectivity index (χ3v) is 5.32. The molecule has 0 rings (SSSR count). The van der Waals surface area contributed by atoms with Crippen molar-refractivity contribution in [3.05, 3.63) is 0 Å². The van der Waals surface area contributed by atoms with Gasteiger partial charge in [0, 0.05) is 0 Å². The van der Waals surface area contributed by atoms with Gasteiger partial charge in [-0.3, -0.25) is 4.79 Å². The van der Waals surface area contributed by atoms with Crippen molar-refractivity contribution in [2.45, 2.75) is 105 Å². The molecule has 0 heterocycles. The van der Waals surface area contributed by atoms with Gasteiger partial charge in [-0.05, 0) is 24.2 Å². The maximum absolute atomic E-state index is 10.8. The van der Waals surface area contributed by atoms with E-state index in [1.54, 1.807) is 0 Å². The number of aliphatic carboxylic acids is 1. The largest absolute Gasteiger partial charge is 0.481 e. The molecule has 0 bridgehead atoms. The summed E-state index contributed by atoms with van der Waals surface area (Å²) in [7, 11) is 0. The van der Waals surface area contributed by atoms with E-state index in [1.807, 2.05) is 6.92 Å². The number of hydrogen-bond acceptors (Lipinski definition) is 1. The third kappa shape index (κ3) is 13.6. The van der Waals surface area contributed by atoms with Crippen molar-refractivity contribution in [1.29, 1.82) is 0 Å². The molecule has 0 aliphatic rings. The lowest BCUT2D eigenvalue weighted by atomic mass is 9.90. The predicted molar refractivity (Wildman–Crippen MR) is 101 cm³/mol. The van der Waals surface area contributed by atoms with Gasteiger partial charge < -0.3 is 5.11 Å². The lowest BCUT2D eigenvalue weighted by Crippen LogP contribution is -2.09. The first-order chi connectivity index (χ1) is 10.9. The molecular formula is C21H42O2. The van der Waals surface area contributed by atoms with Crippen molar-refractivity contribution in [3.8, 4) is 0 Å². The first-order valence-electron chi connectivity index (χ1n) is 10.1. The quantitative estimate of drug-likeness (QED) is 0.354. The molecule has 4 unspecified atom stereocenters. The van der Waals surface area contributed by atoms with Crippen molar-refractivity contribution < 1.29 is 9.90 Å². The predicted octanol–water partition coefficient (Wildman–Crippen LogP) is 6.93. The van der Waals surface area contributed by atoms with Gasteiger partial charge >= 0.3 is 5.97 Å². The van der Waals surface area contributed by atoms with Crippen LogP contribution in [0.15, 0.2) is 0 Å². The van der Waals surface area contributed by atoms with E-state index in [2.05, 4.69) is 27.7 Å². The molecule has 0 aliphatic heterocycles. The van der Waals surface area contributed by atoms with Crippen LogP contribution in [0.5, 0.6) is 0 Å². The topological polar surface area (TPSA) is 37.3 Å². The second kappa shape index (κ2) is 13.9. The van der Waals surface area contributed by atoms with Crippen LogP contribution in [0, 0.1) is 23.7 Å². The summed E-state index contributed by atoms with van der Waals surface area (Å²) in [5.41, 5.74) is 0. The highest BCUT2D eigenvalue weighted by atomic mass is 16.4. The van der Waals surface area contributed by atoms with Crippen molar-refractivity contribution in [2.24, 2.45) is 23.7 Å². The molecule has 2 heteroatoms. The highest BCUT2D eigenvalue weighted by molar-refractivity contribution is 5.69. The molecule has 0 saturated heterocycles. The summed E-state index contributed by atoms with van der Waals surface area (Å²) in [6, 6.07) is 0. The molecule has 0 spiro atoms. The summed E-state index contributed by atoms with van der Waals surface area (Å²) >= 11 is 0. The van der Waals surface area contributed by atoms with Gasteiger partial charge in [0.2, 0.25) is 0 Å². The van der Waals surface area contributed by atoms with Crippen LogP contribution in [0.25, 0.3) is 0 Å². The van der Waals surface area contributed by atoms with Gasteiger partial charge in [0.1, 0.15) is 0 Å². The molecule has 0 aromatic carbocycles. The van der Waals surface area contributed by atoms with Crippen LogP contribution in [-0.4, -0.2) is 11.1 Å². The molecule has 0 amide bonds. The van der Waals surface area contributed by atoms with E-state index in [-0.39, 0.29) is 5.92 Å². The maximum atomic E-state index is 10.8. The molecule has 23 heavy (non-hydrogen) atoms.